The van der Waals surface area contributed by atoms with E-state index in [4.69, 9.17) is 0 Å². The van der Waals surface area contributed by atoms with Crippen LogP contribution in [0.1, 0.15) is 27.8 Å². The van der Waals surface area contributed by atoms with Gasteiger partial charge in [-0.15, -0.1) is 0 Å². The summed E-state index contributed by atoms with van der Waals surface area (Å²) < 4.78 is 49.1. The number of nitriles is 2. The van der Waals surface area contributed by atoms with Crippen molar-refractivity contribution in [3.63, 3.8) is 0 Å². The zero-order chi connectivity index (χ0) is 45.3. The fourth-order valence-electron chi connectivity index (χ4n) is 9.70. The zero-order valence-electron chi connectivity index (χ0n) is 35.8. The molecule has 11 aromatic rings. The number of aryl methyl sites for hydroxylation is 2. The van der Waals surface area contributed by atoms with Crippen LogP contribution in [0, 0.1) is 36.5 Å². The van der Waals surface area contributed by atoms with E-state index in [1.54, 1.807) is 6.07 Å². The van der Waals surface area contributed by atoms with Gasteiger partial charge in [-0.1, -0.05) is 126 Å². The van der Waals surface area contributed by atoms with E-state index < -0.39 is 11.7 Å². The molecule has 0 amide bonds. The minimum atomic E-state index is -4.73. The van der Waals surface area contributed by atoms with Crippen LogP contribution in [-0.2, 0) is 6.18 Å². The molecular formula is C59H37F3N4. The van der Waals surface area contributed by atoms with Crippen molar-refractivity contribution in [1.29, 1.82) is 10.5 Å². The minimum Gasteiger partial charge on any atom is -0.309 e. The summed E-state index contributed by atoms with van der Waals surface area (Å²) in [5, 5.41) is 24.2. The van der Waals surface area contributed by atoms with Gasteiger partial charge in [-0.25, -0.2) is 0 Å². The van der Waals surface area contributed by atoms with Gasteiger partial charge in [0, 0.05) is 32.7 Å². The quantitative estimate of drug-likeness (QED) is 0.167. The average Bonchev–Trinajstić information content (AvgIpc) is 3.85. The smallest absolute Gasteiger partial charge is 0.309 e. The van der Waals surface area contributed by atoms with Crippen LogP contribution in [-0.4, -0.2) is 9.13 Å². The maximum absolute atomic E-state index is 14.9. The molecule has 0 bridgehead atoms. The Morgan fingerprint density at radius 3 is 1.42 bits per heavy atom. The highest BCUT2D eigenvalue weighted by atomic mass is 19.4. The monoisotopic (exact) mass is 858 g/mol. The topological polar surface area (TPSA) is 57.4 Å². The molecule has 0 saturated heterocycles. The van der Waals surface area contributed by atoms with Gasteiger partial charge in [0.1, 0.15) is 0 Å². The minimum absolute atomic E-state index is 0.0467. The third-order valence-electron chi connectivity index (χ3n) is 12.7. The SMILES string of the molecule is Cc1cccc(-c2ccc3c(c2)c2ccccc2n3-c2ccc(C#N)cc2-c2ccc(-c3ccc(C#N)cc3C(F)(F)F)cc2-n2c3ccccc3c3cc(-c4cccc(C)c4)ccc32)c1. The molecule has 2 heterocycles. The van der Waals surface area contributed by atoms with E-state index >= 15 is 0 Å². The molecule has 0 aliphatic carbocycles. The van der Waals surface area contributed by atoms with Gasteiger partial charge >= 0.3 is 6.18 Å². The normalized spacial score (nSPS) is 11.7. The van der Waals surface area contributed by atoms with E-state index in [-0.39, 0.29) is 11.1 Å². The summed E-state index contributed by atoms with van der Waals surface area (Å²) in [4.78, 5) is 0. The molecule has 0 atom stereocenters. The lowest BCUT2D eigenvalue weighted by Gasteiger charge is -2.21. The van der Waals surface area contributed by atoms with Crippen molar-refractivity contribution in [3.8, 4) is 68.0 Å². The Bertz CT molecular complexity index is 3870. The van der Waals surface area contributed by atoms with E-state index in [1.165, 1.54) is 17.7 Å². The molecule has 66 heavy (non-hydrogen) atoms. The van der Waals surface area contributed by atoms with Gasteiger partial charge in [0.25, 0.3) is 0 Å². The summed E-state index contributed by atoms with van der Waals surface area (Å²) in [7, 11) is 0. The summed E-state index contributed by atoms with van der Waals surface area (Å²) in [6.45, 7) is 4.15. The summed E-state index contributed by atoms with van der Waals surface area (Å²) in [6, 6.07) is 65.0. The predicted molar refractivity (Wildman–Crippen MR) is 261 cm³/mol. The number of fused-ring (bicyclic) bond motifs is 6. The lowest BCUT2D eigenvalue weighted by atomic mass is 9.92. The Kier molecular flexibility index (Phi) is 9.46. The third-order valence-corrected chi connectivity index (χ3v) is 12.7. The number of aromatic nitrogens is 2. The Morgan fingerprint density at radius 1 is 0.379 bits per heavy atom. The first-order valence-electron chi connectivity index (χ1n) is 21.6. The van der Waals surface area contributed by atoms with Gasteiger partial charge in [0.05, 0.1) is 62.3 Å². The van der Waals surface area contributed by atoms with Crippen LogP contribution >= 0.6 is 0 Å². The van der Waals surface area contributed by atoms with Crippen molar-refractivity contribution >= 4 is 43.6 Å². The van der Waals surface area contributed by atoms with Gasteiger partial charge < -0.3 is 9.13 Å². The second-order valence-corrected chi connectivity index (χ2v) is 16.9. The summed E-state index contributed by atoms with van der Waals surface area (Å²) in [5.41, 5.74) is 12.9. The lowest BCUT2D eigenvalue weighted by molar-refractivity contribution is -0.137. The number of nitrogens with zero attached hydrogens (tertiary/aromatic N) is 4. The molecule has 0 radical (unpaired) electrons. The van der Waals surface area contributed by atoms with E-state index in [1.807, 2.05) is 72.8 Å². The van der Waals surface area contributed by atoms with Crippen molar-refractivity contribution in [2.45, 2.75) is 20.0 Å². The van der Waals surface area contributed by atoms with Gasteiger partial charge in [-0.2, -0.15) is 23.7 Å². The fourth-order valence-corrected chi connectivity index (χ4v) is 9.70. The standard InChI is InChI=1S/C59H37F3N4/c1-36-9-7-11-40(27-36)42-20-25-56-50(31-42)46-13-3-5-15-53(46)65(56)55-24-18-38(34-63)29-49(55)48-23-19-44(45-22-17-39(35-64)30-52(45)59(60,61)62)33-58(48)66-54-16-6-4-14-47(54)51-32-43(21-26-57(51)66)41-12-8-10-37(2)28-41/h3-33H,1-2H3. The molecule has 0 aliphatic rings. The average molecular weight is 859 g/mol. The number of benzene rings is 9. The maximum Gasteiger partial charge on any atom is 0.417 e. The molecule has 11 rings (SSSR count). The molecule has 314 valence electrons. The molecule has 2 aromatic heterocycles. The second-order valence-electron chi connectivity index (χ2n) is 16.9. The van der Waals surface area contributed by atoms with Crippen LogP contribution in [0.2, 0.25) is 0 Å². The van der Waals surface area contributed by atoms with Gasteiger partial charge in [-0.3, -0.25) is 0 Å². The third kappa shape index (κ3) is 6.69. The number of rotatable bonds is 6. The maximum atomic E-state index is 14.9. The first-order valence-corrected chi connectivity index (χ1v) is 21.6. The van der Waals surface area contributed by atoms with Gasteiger partial charge in [0.15, 0.2) is 0 Å². The number of halogens is 3. The largest absolute Gasteiger partial charge is 0.417 e. The van der Waals surface area contributed by atoms with Crippen LogP contribution in [0.4, 0.5) is 13.2 Å². The molecule has 0 spiro atoms. The van der Waals surface area contributed by atoms with Crippen LogP contribution in [0.3, 0.4) is 0 Å². The first-order chi connectivity index (χ1) is 32.1. The summed E-state index contributed by atoms with van der Waals surface area (Å²) in [5.74, 6) is 0. The Hall–Kier alpha value is -8.65. The van der Waals surface area contributed by atoms with Gasteiger partial charge in [0.2, 0.25) is 0 Å². The Morgan fingerprint density at radius 2 is 0.864 bits per heavy atom. The van der Waals surface area contributed by atoms with Crippen molar-refractivity contribution in [2.24, 2.45) is 0 Å². The molecule has 0 N–H and O–H groups in total. The highest BCUT2D eigenvalue weighted by Gasteiger charge is 2.34. The zero-order valence-corrected chi connectivity index (χ0v) is 35.8. The lowest BCUT2D eigenvalue weighted by Crippen LogP contribution is -2.08. The highest BCUT2D eigenvalue weighted by molar-refractivity contribution is 6.13. The molecule has 4 nitrogen and oxygen atoms in total. The van der Waals surface area contributed by atoms with E-state index in [9.17, 15) is 23.7 Å². The van der Waals surface area contributed by atoms with Crippen LogP contribution in [0.15, 0.2) is 188 Å². The molecule has 0 unspecified atom stereocenters. The number of hydrogen-bond donors (Lipinski definition) is 0. The number of alkyl halides is 3. The van der Waals surface area contributed by atoms with Crippen LogP contribution in [0.25, 0.3) is 99.5 Å². The number of hydrogen-bond acceptors (Lipinski definition) is 2. The second kappa shape index (κ2) is 15.6. The van der Waals surface area contributed by atoms with Crippen LogP contribution in [0.5, 0.6) is 0 Å². The van der Waals surface area contributed by atoms with E-state index in [0.717, 1.165) is 88.7 Å². The van der Waals surface area contributed by atoms with Gasteiger partial charge in [-0.05, 0) is 120 Å². The fraction of sp³-hybridized carbons (Fsp3) is 0.0508. The number of para-hydroxylation sites is 2. The molecule has 0 saturated carbocycles. The van der Waals surface area contributed by atoms with E-state index in [2.05, 4.69) is 126 Å². The summed E-state index contributed by atoms with van der Waals surface area (Å²) >= 11 is 0. The Balaban J connectivity index is 1.22. The molecule has 9 aromatic carbocycles. The van der Waals surface area contributed by atoms with E-state index in [0.29, 0.717) is 22.4 Å². The van der Waals surface area contributed by atoms with Crippen molar-refractivity contribution in [2.75, 3.05) is 0 Å². The Labute approximate surface area is 378 Å². The van der Waals surface area contributed by atoms with Crippen molar-refractivity contribution < 1.29 is 13.2 Å². The van der Waals surface area contributed by atoms with Crippen molar-refractivity contribution in [3.05, 3.63) is 216 Å². The summed E-state index contributed by atoms with van der Waals surface area (Å²) in [6.07, 6.45) is -4.73. The molecule has 7 heteroatoms. The van der Waals surface area contributed by atoms with Crippen LogP contribution < -0.4 is 0 Å². The first kappa shape index (κ1) is 40.1. The molecule has 0 aliphatic heterocycles. The van der Waals surface area contributed by atoms with Crippen molar-refractivity contribution in [1.82, 2.24) is 9.13 Å². The molecular weight excluding hydrogens is 822 g/mol. The molecule has 0 fully saturated rings. The highest BCUT2D eigenvalue weighted by Crippen LogP contribution is 2.45. The predicted octanol–water partition coefficient (Wildman–Crippen LogP) is 15.9.